The van der Waals surface area contributed by atoms with E-state index in [9.17, 15) is 9.18 Å². The Morgan fingerprint density at radius 3 is 2.57 bits per heavy atom. The number of urea groups is 1. The predicted octanol–water partition coefficient (Wildman–Crippen LogP) is 4.75. The van der Waals surface area contributed by atoms with Crippen molar-refractivity contribution in [2.45, 2.75) is 19.4 Å². The molecular formula is C16H16ClFN2O. The average Bonchev–Trinajstić information content (AvgIpc) is 2.49. The van der Waals surface area contributed by atoms with Gasteiger partial charge in [0.15, 0.2) is 0 Å². The Morgan fingerprint density at radius 1 is 1.24 bits per heavy atom. The molecular weight excluding hydrogens is 291 g/mol. The van der Waals surface area contributed by atoms with E-state index < -0.39 is 5.82 Å². The molecule has 2 amide bonds. The zero-order chi connectivity index (χ0) is 15.2. The van der Waals surface area contributed by atoms with Crippen molar-refractivity contribution in [3.05, 3.63) is 64.9 Å². The number of rotatable bonds is 4. The first-order valence-corrected chi connectivity index (χ1v) is 7.05. The highest BCUT2D eigenvalue weighted by Gasteiger charge is 2.12. The molecule has 2 N–H and O–H groups in total. The molecule has 0 bridgehead atoms. The van der Waals surface area contributed by atoms with Crippen molar-refractivity contribution < 1.29 is 9.18 Å². The standard InChI is InChI=1S/C16H16ClFN2O/c1-2-15(11-6-4-3-5-7-11)20-16(21)19-12-8-9-14(18)13(17)10-12/h3-10,15H,2H2,1H3,(H2,19,20,21). The molecule has 0 fully saturated rings. The molecule has 2 rings (SSSR count). The van der Waals surface area contributed by atoms with Crippen LogP contribution in [0.5, 0.6) is 0 Å². The first-order chi connectivity index (χ1) is 10.1. The largest absolute Gasteiger partial charge is 0.331 e. The minimum absolute atomic E-state index is 0.0251. The average molecular weight is 307 g/mol. The van der Waals surface area contributed by atoms with Gasteiger partial charge in [-0.3, -0.25) is 0 Å². The van der Waals surface area contributed by atoms with Crippen LogP contribution >= 0.6 is 11.6 Å². The third-order valence-corrected chi connectivity index (χ3v) is 3.38. The molecule has 0 aliphatic rings. The van der Waals surface area contributed by atoms with Crippen LogP contribution in [0.3, 0.4) is 0 Å². The van der Waals surface area contributed by atoms with Crippen LogP contribution in [-0.4, -0.2) is 6.03 Å². The summed E-state index contributed by atoms with van der Waals surface area (Å²) in [6.45, 7) is 1.99. The van der Waals surface area contributed by atoms with Crippen molar-refractivity contribution >= 4 is 23.3 Å². The molecule has 110 valence electrons. The zero-order valence-corrected chi connectivity index (χ0v) is 12.3. The molecule has 0 spiro atoms. The van der Waals surface area contributed by atoms with Crippen LogP contribution in [0.2, 0.25) is 5.02 Å². The van der Waals surface area contributed by atoms with Gasteiger partial charge in [-0.1, -0.05) is 48.9 Å². The molecule has 0 radical (unpaired) electrons. The summed E-state index contributed by atoms with van der Waals surface area (Å²) in [5, 5.41) is 5.50. The highest BCUT2D eigenvalue weighted by atomic mass is 35.5. The fourth-order valence-electron chi connectivity index (χ4n) is 2.01. The third-order valence-electron chi connectivity index (χ3n) is 3.09. The van der Waals surface area contributed by atoms with Crippen LogP contribution in [0.1, 0.15) is 24.9 Å². The minimum atomic E-state index is -0.515. The van der Waals surface area contributed by atoms with Crippen LogP contribution in [0.4, 0.5) is 14.9 Å². The van der Waals surface area contributed by atoms with E-state index in [1.54, 1.807) is 0 Å². The number of hydrogen-bond donors (Lipinski definition) is 2. The number of benzene rings is 2. The SMILES string of the molecule is CCC(NC(=O)Nc1ccc(F)c(Cl)c1)c1ccccc1. The van der Waals surface area contributed by atoms with Crippen molar-refractivity contribution in [2.75, 3.05) is 5.32 Å². The van der Waals surface area contributed by atoms with Crippen LogP contribution in [0.25, 0.3) is 0 Å². The van der Waals surface area contributed by atoms with Gasteiger partial charge < -0.3 is 10.6 Å². The number of anilines is 1. The van der Waals surface area contributed by atoms with E-state index in [0.29, 0.717) is 5.69 Å². The summed E-state index contributed by atoms with van der Waals surface area (Å²) in [6, 6.07) is 13.3. The summed E-state index contributed by atoms with van der Waals surface area (Å²) in [4.78, 5) is 12.0. The van der Waals surface area contributed by atoms with Gasteiger partial charge >= 0.3 is 6.03 Å². The van der Waals surface area contributed by atoms with E-state index in [-0.39, 0.29) is 17.1 Å². The normalized spacial score (nSPS) is 11.8. The molecule has 5 heteroatoms. The molecule has 0 aliphatic carbocycles. The Balaban J connectivity index is 2.01. The van der Waals surface area contributed by atoms with Gasteiger partial charge in [0.1, 0.15) is 5.82 Å². The van der Waals surface area contributed by atoms with Gasteiger partial charge in [0, 0.05) is 5.69 Å². The Hall–Kier alpha value is -2.07. The third kappa shape index (κ3) is 4.20. The number of nitrogens with one attached hydrogen (secondary N) is 2. The van der Waals surface area contributed by atoms with Crippen molar-refractivity contribution in [2.24, 2.45) is 0 Å². The molecule has 0 aliphatic heterocycles. The number of amides is 2. The van der Waals surface area contributed by atoms with Gasteiger partial charge in [-0.15, -0.1) is 0 Å². The van der Waals surface area contributed by atoms with Crippen LogP contribution in [-0.2, 0) is 0 Å². The Kier molecular flexibility index (Phi) is 5.17. The molecule has 3 nitrogen and oxygen atoms in total. The monoisotopic (exact) mass is 306 g/mol. The quantitative estimate of drug-likeness (QED) is 0.840. The minimum Gasteiger partial charge on any atom is -0.331 e. The number of halogens is 2. The van der Waals surface area contributed by atoms with E-state index in [1.165, 1.54) is 18.2 Å². The highest BCUT2D eigenvalue weighted by molar-refractivity contribution is 6.31. The fourth-order valence-corrected chi connectivity index (χ4v) is 2.19. The van der Waals surface area contributed by atoms with Gasteiger partial charge in [-0.05, 0) is 30.2 Å². The second kappa shape index (κ2) is 7.09. The first kappa shape index (κ1) is 15.3. The zero-order valence-electron chi connectivity index (χ0n) is 11.6. The van der Waals surface area contributed by atoms with Gasteiger partial charge in [0.25, 0.3) is 0 Å². The predicted molar refractivity (Wildman–Crippen MR) is 83.0 cm³/mol. The first-order valence-electron chi connectivity index (χ1n) is 6.67. The summed E-state index contributed by atoms with van der Waals surface area (Å²) in [7, 11) is 0. The van der Waals surface area contributed by atoms with E-state index in [2.05, 4.69) is 10.6 Å². The highest BCUT2D eigenvalue weighted by Crippen LogP contribution is 2.20. The van der Waals surface area contributed by atoms with Crippen molar-refractivity contribution in [1.82, 2.24) is 5.32 Å². The molecule has 0 saturated heterocycles. The summed E-state index contributed by atoms with van der Waals surface area (Å²) in [5.41, 5.74) is 1.48. The van der Waals surface area contributed by atoms with Crippen molar-refractivity contribution in [3.8, 4) is 0 Å². The Bertz CT molecular complexity index is 619. The molecule has 21 heavy (non-hydrogen) atoms. The molecule has 0 heterocycles. The smallest absolute Gasteiger partial charge is 0.319 e. The van der Waals surface area contributed by atoms with Crippen LogP contribution in [0, 0.1) is 5.82 Å². The topological polar surface area (TPSA) is 41.1 Å². The lowest BCUT2D eigenvalue weighted by Gasteiger charge is -2.18. The molecule has 2 aromatic rings. The maximum Gasteiger partial charge on any atom is 0.319 e. The van der Waals surface area contributed by atoms with E-state index in [4.69, 9.17) is 11.6 Å². The molecule has 0 saturated carbocycles. The molecule has 2 aromatic carbocycles. The van der Waals surface area contributed by atoms with Gasteiger partial charge in [0.05, 0.1) is 11.1 Å². The lowest BCUT2D eigenvalue weighted by atomic mass is 10.1. The van der Waals surface area contributed by atoms with Crippen molar-refractivity contribution in [1.29, 1.82) is 0 Å². The number of carbonyl (C=O) groups excluding carboxylic acids is 1. The molecule has 1 atom stereocenters. The molecule has 0 aromatic heterocycles. The second-order valence-corrected chi connectivity index (χ2v) is 5.01. The van der Waals surface area contributed by atoms with Gasteiger partial charge in [-0.2, -0.15) is 0 Å². The summed E-state index contributed by atoms with van der Waals surface area (Å²) >= 11 is 5.68. The maximum absolute atomic E-state index is 13.1. The van der Waals surface area contributed by atoms with E-state index in [0.717, 1.165) is 12.0 Å². The van der Waals surface area contributed by atoms with E-state index >= 15 is 0 Å². The number of carbonyl (C=O) groups is 1. The van der Waals surface area contributed by atoms with Crippen molar-refractivity contribution in [3.63, 3.8) is 0 Å². The maximum atomic E-state index is 13.1. The van der Waals surface area contributed by atoms with Gasteiger partial charge in [-0.25, -0.2) is 9.18 Å². The number of hydrogen-bond acceptors (Lipinski definition) is 1. The summed E-state index contributed by atoms with van der Waals surface area (Å²) in [6.07, 6.45) is 0.765. The fraction of sp³-hybridized carbons (Fsp3) is 0.188. The van der Waals surface area contributed by atoms with E-state index in [1.807, 2.05) is 37.3 Å². The Labute approximate surface area is 128 Å². The lowest BCUT2D eigenvalue weighted by Crippen LogP contribution is -2.32. The summed E-state index contributed by atoms with van der Waals surface area (Å²) < 4.78 is 13.1. The van der Waals surface area contributed by atoms with Crippen LogP contribution < -0.4 is 10.6 Å². The Morgan fingerprint density at radius 2 is 1.95 bits per heavy atom. The lowest BCUT2D eigenvalue weighted by molar-refractivity contribution is 0.248. The second-order valence-electron chi connectivity index (χ2n) is 4.60. The summed E-state index contributed by atoms with van der Waals surface area (Å²) in [5.74, 6) is -0.515. The van der Waals surface area contributed by atoms with Crippen LogP contribution in [0.15, 0.2) is 48.5 Å². The van der Waals surface area contributed by atoms with Gasteiger partial charge in [0.2, 0.25) is 0 Å². The molecule has 1 unspecified atom stereocenters.